The lowest BCUT2D eigenvalue weighted by Gasteiger charge is -2.17. The van der Waals surface area contributed by atoms with Crippen molar-refractivity contribution in [3.63, 3.8) is 0 Å². The monoisotopic (exact) mass is 166 g/mol. The third-order valence-electron chi connectivity index (χ3n) is 1.88. The van der Waals surface area contributed by atoms with E-state index < -0.39 is 0 Å². The molecule has 0 aromatic rings. The van der Waals surface area contributed by atoms with Gasteiger partial charge in [-0.05, 0) is 25.7 Å². The Bertz CT molecular complexity index is 211. The predicted molar refractivity (Wildman–Crippen MR) is 53.7 cm³/mol. The van der Waals surface area contributed by atoms with Gasteiger partial charge in [0, 0.05) is 5.25 Å². The predicted octanol–water partition coefficient (Wildman–Crippen LogP) is 3.53. The average molecular weight is 166 g/mol. The summed E-state index contributed by atoms with van der Waals surface area (Å²) in [5.74, 6) is 0. The molecule has 60 valence electrons. The van der Waals surface area contributed by atoms with Gasteiger partial charge in [0.2, 0.25) is 0 Å². The van der Waals surface area contributed by atoms with Crippen LogP contribution < -0.4 is 0 Å². The van der Waals surface area contributed by atoms with Gasteiger partial charge in [-0.1, -0.05) is 29.9 Å². The van der Waals surface area contributed by atoms with E-state index in [1.807, 2.05) is 17.2 Å². The Morgan fingerprint density at radius 2 is 2.36 bits per heavy atom. The third-order valence-corrected chi connectivity index (χ3v) is 2.96. The van der Waals surface area contributed by atoms with Crippen molar-refractivity contribution in [1.82, 2.24) is 0 Å². The number of rotatable bonds is 2. The zero-order valence-corrected chi connectivity index (χ0v) is 7.95. The first-order chi connectivity index (χ1) is 5.24. The molecule has 11 heavy (non-hydrogen) atoms. The van der Waals surface area contributed by atoms with E-state index in [0.717, 1.165) is 6.42 Å². The molecule has 0 spiro atoms. The van der Waals surface area contributed by atoms with Gasteiger partial charge in [-0.25, -0.2) is 0 Å². The summed E-state index contributed by atoms with van der Waals surface area (Å²) in [6.07, 6.45) is 5.70. The van der Waals surface area contributed by atoms with E-state index in [1.165, 1.54) is 11.1 Å². The van der Waals surface area contributed by atoms with Crippen molar-refractivity contribution in [2.45, 2.75) is 25.5 Å². The molecule has 0 saturated heterocycles. The van der Waals surface area contributed by atoms with Crippen molar-refractivity contribution in [3.05, 3.63) is 35.3 Å². The van der Waals surface area contributed by atoms with Crippen LogP contribution in [0, 0.1) is 0 Å². The average Bonchev–Trinajstić information content (AvgIpc) is 1.95. The Balaban J connectivity index is 2.63. The van der Waals surface area contributed by atoms with E-state index in [0.29, 0.717) is 5.25 Å². The second-order valence-corrected chi connectivity index (χ2v) is 4.04. The number of hydrogen-bond donors (Lipinski definition) is 0. The van der Waals surface area contributed by atoms with Crippen molar-refractivity contribution in [2.24, 2.45) is 0 Å². The maximum absolute atomic E-state index is 3.72. The van der Waals surface area contributed by atoms with Crippen LogP contribution in [0.3, 0.4) is 0 Å². The molecule has 0 aromatic carbocycles. The van der Waals surface area contributed by atoms with Gasteiger partial charge >= 0.3 is 0 Å². The maximum atomic E-state index is 3.72. The van der Waals surface area contributed by atoms with Gasteiger partial charge in [-0.3, -0.25) is 0 Å². The van der Waals surface area contributed by atoms with E-state index in [9.17, 15) is 0 Å². The molecule has 0 nitrogen and oxygen atoms in total. The highest BCUT2D eigenvalue weighted by atomic mass is 32.2. The summed E-state index contributed by atoms with van der Waals surface area (Å²) in [6, 6.07) is 0. The third kappa shape index (κ3) is 2.26. The molecule has 0 N–H and O–H groups in total. The Hall–Kier alpha value is -0.430. The first kappa shape index (κ1) is 8.66. The van der Waals surface area contributed by atoms with Crippen LogP contribution in [0.1, 0.15) is 20.3 Å². The zero-order chi connectivity index (χ0) is 8.27. The molecule has 0 aliphatic heterocycles. The van der Waals surface area contributed by atoms with E-state index in [4.69, 9.17) is 0 Å². The topological polar surface area (TPSA) is 0 Å². The standard InChI is InChI=1S/C10H14S/c1-4-11-10-6-5-8(2)7-9(10)3/h4-5,7,10H,1,6H2,2-3H3. The number of hydrogen-bond acceptors (Lipinski definition) is 1. The summed E-state index contributed by atoms with van der Waals surface area (Å²) in [5.41, 5.74) is 2.86. The van der Waals surface area contributed by atoms with Crippen LogP contribution in [0.4, 0.5) is 0 Å². The fraction of sp³-hybridized carbons (Fsp3) is 0.400. The van der Waals surface area contributed by atoms with Gasteiger partial charge < -0.3 is 0 Å². The van der Waals surface area contributed by atoms with Crippen LogP contribution in [-0.2, 0) is 0 Å². The first-order valence-corrected chi connectivity index (χ1v) is 4.79. The molecular formula is C10H14S. The minimum Gasteiger partial charge on any atom is -0.127 e. The van der Waals surface area contributed by atoms with E-state index in [-0.39, 0.29) is 0 Å². The summed E-state index contributed by atoms with van der Waals surface area (Å²) < 4.78 is 0. The van der Waals surface area contributed by atoms with Crippen molar-refractivity contribution in [3.8, 4) is 0 Å². The van der Waals surface area contributed by atoms with Gasteiger partial charge in [0.15, 0.2) is 0 Å². The Labute approximate surface area is 73.1 Å². The molecule has 1 rings (SSSR count). The quantitative estimate of drug-likeness (QED) is 0.604. The summed E-state index contributed by atoms with van der Waals surface area (Å²) in [4.78, 5) is 0. The molecule has 0 amide bonds. The van der Waals surface area contributed by atoms with E-state index in [1.54, 1.807) is 0 Å². The van der Waals surface area contributed by atoms with Crippen LogP contribution >= 0.6 is 11.8 Å². The van der Waals surface area contributed by atoms with E-state index in [2.05, 4.69) is 32.6 Å². The van der Waals surface area contributed by atoms with Gasteiger partial charge in [-0.2, -0.15) is 0 Å². The highest BCUT2D eigenvalue weighted by molar-refractivity contribution is 8.02. The molecular weight excluding hydrogens is 152 g/mol. The SMILES string of the molecule is C=CSC1CC=C(C)C=C1C. The lowest BCUT2D eigenvalue weighted by Crippen LogP contribution is -2.05. The largest absolute Gasteiger partial charge is 0.127 e. The fourth-order valence-electron chi connectivity index (χ4n) is 1.27. The minimum absolute atomic E-state index is 0.635. The van der Waals surface area contributed by atoms with Crippen molar-refractivity contribution < 1.29 is 0 Å². The molecule has 0 bridgehead atoms. The van der Waals surface area contributed by atoms with Crippen LogP contribution in [0.5, 0.6) is 0 Å². The minimum atomic E-state index is 0.635. The maximum Gasteiger partial charge on any atom is 0.0332 e. The highest BCUT2D eigenvalue weighted by Gasteiger charge is 2.11. The summed E-state index contributed by atoms with van der Waals surface area (Å²) in [5, 5.41) is 2.56. The molecule has 1 aliphatic carbocycles. The summed E-state index contributed by atoms with van der Waals surface area (Å²) >= 11 is 1.81. The number of allylic oxidation sites excluding steroid dienone is 3. The van der Waals surface area contributed by atoms with Gasteiger partial charge in [0.25, 0.3) is 0 Å². The van der Waals surface area contributed by atoms with Crippen LogP contribution in [0.2, 0.25) is 0 Å². The van der Waals surface area contributed by atoms with Crippen molar-refractivity contribution in [2.75, 3.05) is 0 Å². The number of thioether (sulfide) groups is 1. The van der Waals surface area contributed by atoms with Crippen LogP contribution in [-0.4, -0.2) is 5.25 Å². The summed E-state index contributed by atoms with van der Waals surface area (Å²) in [7, 11) is 0. The summed E-state index contributed by atoms with van der Waals surface area (Å²) in [6.45, 7) is 8.07. The van der Waals surface area contributed by atoms with E-state index >= 15 is 0 Å². The lowest BCUT2D eigenvalue weighted by molar-refractivity contribution is 0.968. The molecule has 1 atom stereocenters. The van der Waals surface area contributed by atoms with Gasteiger partial charge in [0.1, 0.15) is 0 Å². The van der Waals surface area contributed by atoms with Crippen molar-refractivity contribution in [1.29, 1.82) is 0 Å². The molecule has 0 aromatic heterocycles. The highest BCUT2D eigenvalue weighted by Crippen LogP contribution is 2.28. The Morgan fingerprint density at radius 3 is 2.91 bits per heavy atom. The molecule has 0 fully saturated rings. The van der Waals surface area contributed by atoms with Gasteiger partial charge in [-0.15, -0.1) is 11.8 Å². The molecule has 1 unspecified atom stereocenters. The van der Waals surface area contributed by atoms with Crippen molar-refractivity contribution >= 4 is 11.8 Å². The molecule has 0 saturated carbocycles. The first-order valence-electron chi connectivity index (χ1n) is 3.85. The second kappa shape index (κ2) is 3.82. The smallest absolute Gasteiger partial charge is 0.0332 e. The normalized spacial score (nSPS) is 24.0. The second-order valence-electron chi connectivity index (χ2n) is 2.86. The lowest BCUT2D eigenvalue weighted by atomic mass is 10.0. The Kier molecular flexibility index (Phi) is 3.01. The zero-order valence-electron chi connectivity index (χ0n) is 7.13. The Morgan fingerprint density at radius 1 is 1.64 bits per heavy atom. The van der Waals surface area contributed by atoms with Gasteiger partial charge in [0.05, 0.1) is 0 Å². The molecule has 0 heterocycles. The molecule has 0 radical (unpaired) electrons. The van der Waals surface area contributed by atoms with Crippen LogP contribution in [0.15, 0.2) is 35.3 Å². The molecule has 1 aliphatic rings. The molecule has 1 heteroatoms. The van der Waals surface area contributed by atoms with Crippen LogP contribution in [0.25, 0.3) is 0 Å². The fourth-order valence-corrected chi connectivity index (χ4v) is 1.99.